The molecule has 8 aromatic rings. The van der Waals surface area contributed by atoms with Crippen molar-refractivity contribution < 1.29 is 55.5 Å². The molecule has 2 saturated carbocycles. The van der Waals surface area contributed by atoms with E-state index in [0.29, 0.717) is 103 Å². The molecule has 0 spiro atoms. The van der Waals surface area contributed by atoms with Crippen molar-refractivity contribution in [2.24, 2.45) is 11.8 Å². The van der Waals surface area contributed by atoms with E-state index in [0.717, 1.165) is 156 Å². The average molecular weight is 2020 g/mol. The zero-order chi connectivity index (χ0) is 104. The number of nitrogens with zero attached hydrogens (tertiary/aromatic N) is 6. The molecule has 0 amide bonds. The summed E-state index contributed by atoms with van der Waals surface area (Å²) in [5, 5.41) is 0. The maximum absolute atomic E-state index is 13.8. The lowest BCUT2D eigenvalue weighted by Gasteiger charge is -2.26. The molecule has 6 aliphatic heterocycles. The first-order chi connectivity index (χ1) is 70.7. The van der Waals surface area contributed by atoms with Gasteiger partial charge < -0.3 is 37.9 Å². The van der Waals surface area contributed by atoms with Crippen LogP contribution in [0.25, 0.3) is 0 Å². The monoisotopic (exact) mass is 2020 g/mol. The van der Waals surface area contributed by atoms with Gasteiger partial charge >= 0.3 is 0 Å². The normalized spacial score (nSPS) is 17.0. The lowest BCUT2D eigenvalue weighted by atomic mass is 9.90. The molecule has 6 saturated heterocycles. The molecule has 6 heterocycles. The minimum absolute atomic E-state index is 0.225. The van der Waals surface area contributed by atoms with Gasteiger partial charge in [0.25, 0.3) is 0 Å². The molecule has 8 fully saturated rings. The Labute approximate surface area is 883 Å². The van der Waals surface area contributed by atoms with Gasteiger partial charge in [-0.15, -0.1) is 0 Å². The summed E-state index contributed by atoms with van der Waals surface area (Å²) < 4.78 is 101. The zero-order valence-corrected chi connectivity index (χ0v) is 93.6. The smallest absolute Gasteiger partial charge is 0.165 e. The third kappa shape index (κ3) is 48.3. The van der Waals surface area contributed by atoms with Gasteiger partial charge in [-0.05, 0) is 382 Å². The number of piperidine rings is 6. The average Bonchev–Trinajstić information content (AvgIpc) is 0.844. The number of hydrogen-bond donors (Lipinski definition) is 0. The fraction of sp³-hybridized carbons (Fsp3) is 0.625. The predicted molar refractivity (Wildman–Crippen MR) is 603 cm³/mol. The number of hydrogen-bond acceptors (Lipinski definition) is 14. The van der Waals surface area contributed by atoms with Gasteiger partial charge in [-0.2, -0.15) is 0 Å². The van der Waals surface area contributed by atoms with Crippen LogP contribution >= 0.6 is 0 Å². The number of ether oxygens (including phenoxy) is 8. The van der Waals surface area contributed by atoms with E-state index in [-0.39, 0.29) is 23.3 Å². The van der Waals surface area contributed by atoms with E-state index in [1.165, 1.54) is 241 Å². The van der Waals surface area contributed by atoms with Crippen LogP contribution in [0.15, 0.2) is 170 Å². The fourth-order valence-corrected chi connectivity index (χ4v) is 19.7. The lowest BCUT2D eigenvalue weighted by molar-refractivity contribution is 0.180. The largest absolute Gasteiger partial charge is 0.493 e. The van der Waals surface area contributed by atoms with Gasteiger partial charge in [-0.25, -0.2) is 17.6 Å². The van der Waals surface area contributed by atoms with Crippen LogP contribution in [0, 0.1) is 35.1 Å². The molecule has 0 radical (unpaired) electrons. The lowest BCUT2D eigenvalue weighted by Crippen LogP contribution is -2.33. The van der Waals surface area contributed by atoms with E-state index < -0.39 is 0 Å². The van der Waals surface area contributed by atoms with Crippen molar-refractivity contribution >= 4 is 0 Å². The molecule has 0 N–H and O–H groups in total. The van der Waals surface area contributed by atoms with E-state index in [2.05, 4.69) is 237 Å². The topological polar surface area (TPSA) is 93.3 Å². The summed E-state index contributed by atoms with van der Waals surface area (Å²) in [5.41, 5.74) is 9.57. The van der Waals surface area contributed by atoms with Crippen LogP contribution in [0.2, 0.25) is 0 Å². The van der Waals surface area contributed by atoms with Crippen LogP contribution in [0.1, 0.15) is 382 Å². The van der Waals surface area contributed by atoms with E-state index >= 15 is 0 Å². The second-order valence-corrected chi connectivity index (χ2v) is 44.4. The van der Waals surface area contributed by atoms with Gasteiger partial charge in [0, 0.05) is 39.3 Å². The first-order valence-electron chi connectivity index (χ1n) is 57.6. The molecule has 18 heteroatoms. The Hall–Kier alpha value is -8.36. The van der Waals surface area contributed by atoms with Gasteiger partial charge in [0.15, 0.2) is 46.3 Å². The van der Waals surface area contributed by atoms with Crippen molar-refractivity contribution in [2.45, 2.75) is 338 Å². The van der Waals surface area contributed by atoms with Crippen LogP contribution in [-0.2, 0) is 0 Å². The zero-order valence-electron chi connectivity index (χ0n) is 93.6. The Bertz CT molecular complexity index is 4340. The Morgan fingerprint density at radius 3 is 0.548 bits per heavy atom. The highest BCUT2D eigenvalue weighted by Gasteiger charge is 2.22. The van der Waals surface area contributed by atoms with Gasteiger partial charge in [0.05, 0.1) is 13.2 Å². The van der Waals surface area contributed by atoms with Crippen molar-refractivity contribution in [1.29, 1.82) is 0 Å². The Kier molecular flexibility index (Phi) is 58.0. The summed E-state index contributed by atoms with van der Waals surface area (Å²) in [7, 11) is 0. The van der Waals surface area contributed by atoms with E-state index in [9.17, 15) is 17.6 Å². The molecular formula is C128H194F4N6O8. The standard InChI is InChI=1S/3C16H24FNO.C16H23FO.3C16H25NO.C16H24O/c3*1-13(2)14-6-7-16(15(17)12-14)19-11-10-18-8-4-3-5-9-18;1-12(2)14-8-9-16(15(17)10-14)18-11-13-6-4-3-5-7-13;3*1-14(2)15-6-8-16(9-7-15)18-13-12-17-10-4-3-5-11-17;1-13(2)15-8-10-16(11-9-15)17-12-14-6-4-3-5-7-14/h3*6-7,12-13H,3-5,8-11H2,1-2H3;8-10,12-13H,3-7,11H2,1-2H3;3*6-9,14H,3-5,10-13H2,1-2H3;8-11,13-14H,3-7,12H2,1-2H3. The molecule has 8 aliphatic rings. The van der Waals surface area contributed by atoms with Gasteiger partial charge in [0.2, 0.25) is 0 Å². The third-order valence-electron chi connectivity index (χ3n) is 29.8. The van der Waals surface area contributed by atoms with Crippen LogP contribution in [0.5, 0.6) is 46.0 Å². The highest BCUT2D eigenvalue weighted by atomic mass is 19.1. The second-order valence-electron chi connectivity index (χ2n) is 44.4. The van der Waals surface area contributed by atoms with E-state index in [1.54, 1.807) is 48.5 Å². The predicted octanol–water partition coefficient (Wildman–Crippen LogP) is 32.1. The van der Waals surface area contributed by atoms with Crippen molar-refractivity contribution in [2.75, 3.05) is 171 Å². The molecule has 0 bridgehead atoms. The number of rotatable bonds is 38. The highest BCUT2D eigenvalue weighted by Crippen LogP contribution is 2.33. The van der Waals surface area contributed by atoms with Crippen molar-refractivity contribution in [1.82, 2.24) is 29.4 Å². The quantitative estimate of drug-likeness (QED) is 0.0344. The third-order valence-corrected chi connectivity index (χ3v) is 29.8. The van der Waals surface area contributed by atoms with E-state index in [1.807, 2.05) is 24.3 Å². The first-order valence-corrected chi connectivity index (χ1v) is 57.6. The maximum Gasteiger partial charge on any atom is 0.165 e. The fourth-order valence-electron chi connectivity index (χ4n) is 19.7. The Balaban J connectivity index is 0.000000186. The first kappa shape index (κ1) is 121. The van der Waals surface area contributed by atoms with Crippen LogP contribution < -0.4 is 37.9 Å². The molecule has 0 atom stereocenters. The molecular weight excluding hydrogens is 1830 g/mol. The van der Waals surface area contributed by atoms with Crippen molar-refractivity contribution in [3.8, 4) is 46.0 Å². The summed E-state index contributed by atoms with van der Waals surface area (Å²) in [4.78, 5) is 14.7. The Morgan fingerprint density at radius 2 is 0.356 bits per heavy atom. The highest BCUT2D eigenvalue weighted by molar-refractivity contribution is 5.36. The Morgan fingerprint density at radius 1 is 0.192 bits per heavy atom. The second kappa shape index (κ2) is 69.9. The molecule has 0 unspecified atom stereocenters. The SMILES string of the molecule is CC(C)c1ccc(OCC2CCCCC2)c(F)c1.CC(C)c1ccc(OCC2CCCCC2)cc1.CC(C)c1ccc(OCCN2CCCCC2)c(F)c1.CC(C)c1ccc(OCCN2CCCCC2)c(F)c1.CC(C)c1ccc(OCCN2CCCCC2)c(F)c1.CC(C)c1ccc(OCCN2CCCCC2)cc1.CC(C)c1ccc(OCCN2CCCCC2)cc1.CC(C)c1ccc(OCCN2CCCCC2)cc1. The molecule has 812 valence electrons. The number of halogens is 4. The molecule has 0 aromatic heterocycles. The molecule has 2 aliphatic carbocycles. The number of likely N-dealkylation sites (tertiary alicyclic amines) is 6. The number of benzene rings is 8. The van der Waals surface area contributed by atoms with Crippen LogP contribution in [0.3, 0.4) is 0 Å². The van der Waals surface area contributed by atoms with Gasteiger partial charge in [0.1, 0.15) is 62.6 Å². The van der Waals surface area contributed by atoms with E-state index in [4.69, 9.17) is 37.9 Å². The molecule has 8 aromatic carbocycles. The molecule has 146 heavy (non-hydrogen) atoms. The minimum Gasteiger partial charge on any atom is -0.493 e. The van der Waals surface area contributed by atoms with Crippen LogP contribution in [-0.4, -0.2) is 200 Å². The minimum atomic E-state index is -0.246. The molecule has 14 nitrogen and oxygen atoms in total. The summed E-state index contributed by atoms with van der Waals surface area (Å²) in [6.07, 6.45) is 37.2. The summed E-state index contributed by atoms with van der Waals surface area (Å²) in [5.74, 6) is 9.75. The van der Waals surface area contributed by atoms with Gasteiger partial charge in [-0.1, -0.05) is 261 Å². The molecule has 16 rings (SSSR count). The maximum atomic E-state index is 13.8. The van der Waals surface area contributed by atoms with Crippen molar-refractivity contribution in [3.63, 3.8) is 0 Å². The summed E-state index contributed by atoms with van der Waals surface area (Å²) in [6, 6.07) is 55.3. The van der Waals surface area contributed by atoms with Crippen LogP contribution in [0.4, 0.5) is 17.6 Å². The van der Waals surface area contributed by atoms with Crippen molar-refractivity contribution in [3.05, 3.63) is 238 Å². The summed E-state index contributed by atoms with van der Waals surface area (Å²) >= 11 is 0. The summed E-state index contributed by atoms with van der Waals surface area (Å²) in [6.45, 7) is 60.2. The van der Waals surface area contributed by atoms with Gasteiger partial charge in [-0.3, -0.25) is 29.4 Å².